The van der Waals surface area contributed by atoms with E-state index in [1.807, 2.05) is 0 Å². The van der Waals surface area contributed by atoms with Gasteiger partial charge in [0.05, 0.1) is 5.92 Å². The summed E-state index contributed by atoms with van der Waals surface area (Å²) in [6.07, 6.45) is 0.267. The lowest BCUT2D eigenvalue weighted by Gasteiger charge is -2.24. The Hall–Kier alpha value is -1.22. The molecule has 1 atom stereocenters. The Balaban J connectivity index is 2.15. The minimum atomic E-state index is -3.86. The first-order valence-corrected chi connectivity index (χ1v) is 8.38. The van der Waals surface area contributed by atoms with Crippen LogP contribution in [0.2, 0.25) is 5.02 Å². The Morgan fingerprint density at radius 2 is 2.23 bits per heavy atom. The standard InChI is InChI=1S/C13H16ClFN2O4S/c1-16(8-10-11(14)3-2-4-12(10)15)22(20,21)17-6-5-9(7-17)13(18)19/h2-4,9H,5-8H2,1H3,(H,18,19). The van der Waals surface area contributed by atoms with Crippen LogP contribution in [0.15, 0.2) is 18.2 Å². The lowest BCUT2D eigenvalue weighted by Crippen LogP contribution is -2.40. The molecule has 1 saturated heterocycles. The molecule has 0 aliphatic carbocycles. The van der Waals surface area contributed by atoms with Crippen molar-refractivity contribution in [2.45, 2.75) is 13.0 Å². The largest absolute Gasteiger partial charge is 0.481 e. The first kappa shape index (κ1) is 17.1. The van der Waals surface area contributed by atoms with Crippen LogP contribution in [-0.4, -0.2) is 48.2 Å². The highest BCUT2D eigenvalue weighted by Crippen LogP contribution is 2.25. The number of carboxylic acid groups (broad SMARTS) is 1. The molecule has 2 rings (SSSR count). The molecule has 1 unspecified atom stereocenters. The highest BCUT2D eigenvalue weighted by Gasteiger charge is 2.37. The molecule has 22 heavy (non-hydrogen) atoms. The summed E-state index contributed by atoms with van der Waals surface area (Å²) < 4.78 is 40.7. The molecule has 0 radical (unpaired) electrons. The van der Waals surface area contributed by atoms with Gasteiger partial charge in [0.25, 0.3) is 10.2 Å². The molecule has 1 aromatic carbocycles. The van der Waals surface area contributed by atoms with Crippen LogP contribution >= 0.6 is 11.6 Å². The molecule has 0 amide bonds. The molecule has 0 bridgehead atoms. The van der Waals surface area contributed by atoms with Gasteiger partial charge >= 0.3 is 5.97 Å². The van der Waals surface area contributed by atoms with E-state index in [2.05, 4.69) is 0 Å². The van der Waals surface area contributed by atoms with Crippen LogP contribution in [0.3, 0.4) is 0 Å². The van der Waals surface area contributed by atoms with E-state index in [1.165, 1.54) is 25.2 Å². The maximum Gasteiger partial charge on any atom is 0.307 e. The SMILES string of the molecule is CN(Cc1c(F)cccc1Cl)S(=O)(=O)N1CCC(C(=O)O)C1. The predicted molar refractivity (Wildman–Crippen MR) is 79.1 cm³/mol. The smallest absolute Gasteiger partial charge is 0.307 e. The van der Waals surface area contributed by atoms with E-state index in [0.717, 1.165) is 8.61 Å². The van der Waals surface area contributed by atoms with Crippen LogP contribution in [0.1, 0.15) is 12.0 Å². The monoisotopic (exact) mass is 350 g/mol. The second-order valence-corrected chi connectivity index (χ2v) is 7.59. The first-order chi connectivity index (χ1) is 10.2. The fourth-order valence-electron chi connectivity index (χ4n) is 2.32. The Labute approximate surface area is 133 Å². The lowest BCUT2D eigenvalue weighted by molar-refractivity contribution is -0.141. The second kappa shape index (κ2) is 6.49. The van der Waals surface area contributed by atoms with Crippen molar-refractivity contribution in [3.05, 3.63) is 34.6 Å². The Morgan fingerprint density at radius 1 is 1.55 bits per heavy atom. The highest BCUT2D eigenvalue weighted by molar-refractivity contribution is 7.86. The van der Waals surface area contributed by atoms with Gasteiger partial charge in [-0.05, 0) is 18.6 Å². The zero-order chi connectivity index (χ0) is 16.5. The zero-order valence-corrected chi connectivity index (χ0v) is 13.4. The van der Waals surface area contributed by atoms with E-state index < -0.39 is 27.9 Å². The summed E-state index contributed by atoms with van der Waals surface area (Å²) in [5, 5.41) is 9.09. The maximum atomic E-state index is 13.7. The van der Waals surface area contributed by atoms with Crippen molar-refractivity contribution in [3.63, 3.8) is 0 Å². The summed E-state index contributed by atoms with van der Waals surface area (Å²) in [6.45, 7) is -0.163. The van der Waals surface area contributed by atoms with Crippen LogP contribution in [-0.2, 0) is 21.5 Å². The van der Waals surface area contributed by atoms with Gasteiger partial charge in [-0.2, -0.15) is 17.0 Å². The summed E-state index contributed by atoms with van der Waals surface area (Å²) in [6, 6.07) is 4.13. The molecule has 122 valence electrons. The molecule has 0 spiro atoms. The van der Waals surface area contributed by atoms with Gasteiger partial charge in [0.1, 0.15) is 5.82 Å². The van der Waals surface area contributed by atoms with Crippen molar-refractivity contribution in [3.8, 4) is 0 Å². The lowest BCUT2D eigenvalue weighted by atomic mass is 10.1. The average Bonchev–Trinajstić information content (AvgIpc) is 2.93. The van der Waals surface area contributed by atoms with Crippen LogP contribution in [0.5, 0.6) is 0 Å². The van der Waals surface area contributed by atoms with Gasteiger partial charge in [0.2, 0.25) is 0 Å². The van der Waals surface area contributed by atoms with Crippen LogP contribution in [0, 0.1) is 11.7 Å². The molecular weight excluding hydrogens is 335 g/mol. The summed E-state index contributed by atoms with van der Waals surface area (Å²) in [4.78, 5) is 10.9. The van der Waals surface area contributed by atoms with E-state index >= 15 is 0 Å². The van der Waals surface area contributed by atoms with Crippen molar-refractivity contribution < 1.29 is 22.7 Å². The van der Waals surface area contributed by atoms with Gasteiger partial charge in [-0.3, -0.25) is 4.79 Å². The van der Waals surface area contributed by atoms with Gasteiger partial charge < -0.3 is 5.11 Å². The topological polar surface area (TPSA) is 77.9 Å². The minimum absolute atomic E-state index is 0.0764. The van der Waals surface area contributed by atoms with Gasteiger partial charge in [-0.15, -0.1) is 0 Å². The normalized spacial score (nSPS) is 19.7. The third-order valence-electron chi connectivity index (χ3n) is 3.66. The van der Waals surface area contributed by atoms with E-state index in [1.54, 1.807) is 0 Å². The summed E-state index contributed by atoms with van der Waals surface area (Å²) in [5.74, 6) is -2.31. The minimum Gasteiger partial charge on any atom is -0.481 e. The van der Waals surface area contributed by atoms with E-state index in [0.29, 0.717) is 0 Å². The quantitative estimate of drug-likeness (QED) is 0.874. The average molecular weight is 351 g/mol. The third-order valence-corrected chi connectivity index (χ3v) is 5.92. The van der Waals surface area contributed by atoms with Crippen molar-refractivity contribution >= 4 is 27.8 Å². The number of benzene rings is 1. The summed E-state index contributed by atoms with van der Waals surface area (Å²) >= 11 is 5.90. The number of hydrogen-bond donors (Lipinski definition) is 1. The van der Waals surface area contributed by atoms with E-state index in [-0.39, 0.29) is 36.6 Å². The molecule has 6 nitrogen and oxygen atoms in total. The predicted octanol–water partition coefficient (Wildman–Crippen LogP) is 1.56. The number of carboxylic acids is 1. The van der Waals surface area contributed by atoms with Gasteiger partial charge in [-0.25, -0.2) is 4.39 Å². The van der Waals surface area contributed by atoms with Crippen LogP contribution in [0.25, 0.3) is 0 Å². The third kappa shape index (κ3) is 3.40. The number of aliphatic carboxylic acids is 1. The molecular formula is C13H16ClFN2O4S. The Kier molecular flexibility index (Phi) is 5.06. The molecule has 0 aromatic heterocycles. The van der Waals surface area contributed by atoms with E-state index in [4.69, 9.17) is 16.7 Å². The van der Waals surface area contributed by atoms with Gasteiger partial charge in [-0.1, -0.05) is 17.7 Å². The molecule has 9 heteroatoms. The number of halogens is 2. The zero-order valence-electron chi connectivity index (χ0n) is 11.9. The summed E-state index contributed by atoms with van der Waals surface area (Å²) in [5.41, 5.74) is 0.0872. The van der Waals surface area contributed by atoms with Gasteiger partial charge in [0.15, 0.2) is 0 Å². The second-order valence-electron chi connectivity index (χ2n) is 5.15. The molecule has 1 heterocycles. The molecule has 1 fully saturated rings. The van der Waals surface area contributed by atoms with Crippen LogP contribution in [0.4, 0.5) is 4.39 Å². The number of nitrogens with zero attached hydrogens (tertiary/aromatic N) is 2. The fourth-order valence-corrected chi connectivity index (χ4v) is 3.94. The molecule has 0 saturated carbocycles. The molecule has 1 aliphatic rings. The van der Waals surface area contributed by atoms with Crippen molar-refractivity contribution in [1.82, 2.24) is 8.61 Å². The molecule has 1 aliphatic heterocycles. The van der Waals surface area contributed by atoms with Crippen LogP contribution < -0.4 is 0 Å². The number of rotatable bonds is 5. The first-order valence-electron chi connectivity index (χ1n) is 6.60. The fraction of sp³-hybridized carbons (Fsp3) is 0.462. The van der Waals surface area contributed by atoms with Crippen molar-refractivity contribution in [2.24, 2.45) is 5.92 Å². The Morgan fingerprint density at radius 3 is 2.77 bits per heavy atom. The van der Waals surface area contributed by atoms with Gasteiger partial charge in [0, 0.05) is 37.3 Å². The summed E-state index contributed by atoms with van der Waals surface area (Å²) in [7, 11) is -2.55. The number of carbonyl (C=O) groups is 1. The molecule has 1 N–H and O–H groups in total. The highest BCUT2D eigenvalue weighted by atomic mass is 35.5. The molecule has 1 aromatic rings. The maximum absolute atomic E-state index is 13.7. The van der Waals surface area contributed by atoms with Crippen molar-refractivity contribution in [1.29, 1.82) is 0 Å². The Bertz CT molecular complexity index is 662. The van der Waals surface area contributed by atoms with Crippen molar-refractivity contribution in [2.75, 3.05) is 20.1 Å². The van der Waals surface area contributed by atoms with E-state index in [9.17, 15) is 17.6 Å². The number of hydrogen-bond acceptors (Lipinski definition) is 3.